The molecular weight excluding hydrogens is 413 g/mol. The van der Waals surface area contributed by atoms with E-state index in [0.29, 0.717) is 40.8 Å². The van der Waals surface area contributed by atoms with E-state index in [9.17, 15) is 29.0 Å². The molecule has 0 saturated heterocycles. The minimum atomic E-state index is -1.55. The normalized spacial score (nSPS) is 15.2. The molecule has 0 radical (unpaired) electrons. The van der Waals surface area contributed by atoms with Gasteiger partial charge in [0.05, 0.1) is 17.7 Å². The third-order valence-electron chi connectivity index (χ3n) is 5.96. The van der Waals surface area contributed by atoms with E-state index in [2.05, 4.69) is 6.58 Å². The minimum absolute atomic E-state index is 0.183. The number of aliphatic hydroxyl groups excluding tert-OH is 1. The van der Waals surface area contributed by atoms with Crippen LogP contribution in [0, 0.1) is 5.82 Å². The Kier molecular flexibility index (Phi) is 7.09. The Morgan fingerprint density at radius 2 is 1.78 bits per heavy atom. The number of hydrogen-bond acceptors (Lipinski definition) is 5. The van der Waals surface area contributed by atoms with Gasteiger partial charge in [-0.2, -0.15) is 0 Å². The largest absolute Gasteiger partial charge is 0.550 e. The number of nitrogens with zero attached hydrogens (tertiary/aromatic N) is 1. The van der Waals surface area contributed by atoms with Crippen molar-refractivity contribution in [3.63, 3.8) is 0 Å². The van der Waals surface area contributed by atoms with Crippen molar-refractivity contribution in [2.75, 3.05) is 0 Å². The molecule has 2 atom stereocenters. The number of carbonyl (C=O) groups is 2. The van der Waals surface area contributed by atoms with Crippen LogP contribution in [0.1, 0.15) is 61.8 Å². The quantitative estimate of drug-likeness (QED) is 0.502. The van der Waals surface area contributed by atoms with E-state index >= 15 is 0 Å². The van der Waals surface area contributed by atoms with Crippen molar-refractivity contribution < 1.29 is 24.2 Å². The van der Waals surface area contributed by atoms with Crippen LogP contribution in [-0.2, 0) is 22.4 Å². The highest BCUT2D eigenvalue weighted by Gasteiger charge is 2.35. The first-order chi connectivity index (χ1) is 15.2. The van der Waals surface area contributed by atoms with Crippen LogP contribution in [-0.4, -0.2) is 27.5 Å². The number of aromatic nitrogens is 1. The molecule has 0 fully saturated rings. The third kappa shape index (κ3) is 4.43. The summed E-state index contributed by atoms with van der Waals surface area (Å²) in [7, 11) is 0. The van der Waals surface area contributed by atoms with Crippen LogP contribution in [0.4, 0.5) is 4.39 Å². The first-order valence-corrected chi connectivity index (χ1v) is 10.8. The van der Waals surface area contributed by atoms with Crippen LogP contribution in [0.15, 0.2) is 41.7 Å². The second-order valence-corrected chi connectivity index (χ2v) is 8.42. The molecule has 0 bridgehead atoms. The van der Waals surface area contributed by atoms with Gasteiger partial charge in [-0.25, -0.2) is 4.39 Å². The van der Waals surface area contributed by atoms with Crippen molar-refractivity contribution in [1.29, 1.82) is 0 Å². The molecule has 1 N–H and O–H groups in total. The smallest absolute Gasteiger partial charge is 0.254 e. The van der Waals surface area contributed by atoms with E-state index in [-0.39, 0.29) is 11.6 Å². The van der Waals surface area contributed by atoms with Gasteiger partial charge >= 0.3 is 0 Å². The van der Waals surface area contributed by atoms with Gasteiger partial charge in [-0.05, 0) is 80.5 Å². The average Bonchev–Trinajstić information content (AvgIpc) is 2.75. The summed E-state index contributed by atoms with van der Waals surface area (Å²) in [6, 6.07) is 5.25. The maximum atomic E-state index is 13.7. The number of carboxylic acid groups (broad SMARTS) is 1. The molecule has 2 unspecified atom stereocenters. The van der Waals surface area contributed by atoms with E-state index in [1.54, 1.807) is 4.57 Å². The van der Waals surface area contributed by atoms with Crippen LogP contribution in [0.25, 0.3) is 11.3 Å². The molecule has 7 heteroatoms. The number of aliphatic hydroxyl groups is 1. The van der Waals surface area contributed by atoms with Crippen molar-refractivity contribution in [2.24, 2.45) is 0 Å². The Labute approximate surface area is 186 Å². The number of fused-ring (bicyclic) bond motifs is 1. The highest BCUT2D eigenvalue weighted by atomic mass is 19.1. The predicted molar refractivity (Wildman–Crippen MR) is 117 cm³/mol. The molecule has 1 aromatic carbocycles. The van der Waals surface area contributed by atoms with Crippen molar-refractivity contribution >= 4 is 11.8 Å². The third-order valence-corrected chi connectivity index (χ3v) is 5.96. The van der Waals surface area contributed by atoms with Gasteiger partial charge in [0.1, 0.15) is 11.6 Å². The van der Waals surface area contributed by atoms with Crippen molar-refractivity contribution in [3.8, 4) is 11.3 Å². The van der Waals surface area contributed by atoms with Gasteiger partial charge in [0.15, 0.2) is 0 Å². The molecule has 0 aliphatic heterocycles. The molecule has 32 heavy (non-hydrogen) atoms. The Morgan fingerprint density at radius 1 is 1.19 bits per heavy atom. The summed E-state index contributed by atoms with van der Waals surface area (Å²) in [6.07, 6.45) is 1.59. The summed E-state index contributed by atoms with van der Waals surface area (Å²) in [4.78, 5) is 37.8. The minimum Gasteiger partial charge on any atom is -0.550 e. The fourth-order valence-electron chi connectivity index (χ4n) is 4.60. The van der Waals surface area contributed by atoms with E-state index in [4.69, 9.17) is 0 Å². The lowest BCUT2D eigenvalue weighted by molar-refractivity contribution is -0.304. The second kappa shape index (κ2) is 9.61. The number of benzene rings is 1. The Morgan fingerprint density at radius 3 is 2.31 bits per heavy atom. The summed E-state index contributed by atoms with van der Waals surface area (Å²) in [5, 5.41) is 22.0. The fraction of sp³-hybridized carbons (Fsp3) is 0.400. The zero-order valence-electron chi connectivity index (χ0n) is 18.3. The first-order valence-electron chi connectivity index (χ1n) is 10.8. The molecule has 1 heterocycles. The number of ketones is 1. The molecule has 6 nitrogen and oxygen atoms in total. The van der Waals surface area contributed by atoms with Crippen molar-refractivity contribution in [1.82, 2.24) is 4.57 Å². The lowest BCUT2D eigenvalue weighted by Gasteiger charge is -2.32. The van der Waals surface area contributed by atoms with E-state index in [0.717, 1.165) is 12.8 Å². The van der Waals surface area contributed by atoms with Crippen LogP contribution in [0.2, 0.25) is 0 Å². The van der Waals surface area contributed by atoms with Gasteiger partial charge in [-0.3, -0.25) is 9.59 Å². The van der Waals surface area contributed by atoms with Gasteiger partial charge in [-0.15, -0.1) is 6.58 Å². The molecule has 3 rings (SSSR count). The Bertz CT molecular complexity index is 1100. The molecule has 2 aromatic rings. The maximum absolute atomic E-state index is 13.7. The summed E-state index contributed by atoms with van der Waals surface area (Å²) in [5.41, 5.74) is 2.37. The monoisotopic (exact) mass is 440 g/mol. The number of halogens is 1. The summed E-state index contributed by atoms with van der Waals surface area (Å²) < 4.78 is 15.2. The summed E-state index contributed by atoms with van der Waals surface area (Å²) >= 11 is 0. The highest BCUT2D eigenvalue weighted by molar-refractivity contribution is 5.99. The van der Waals surface area contributed by atoms with E-state index in [1.165, 1.54) is 30.3 Å². The lowest BCUT2D eigenvalue weighted by atomic mass is 9.77. The SMILES string of the molecule is C=CC(O)C(C(=O)CC(=O)[O-])c1c2c(c(=O)n(C(C)C)c1-c1ccc(F)cc1)CCCC2. The Balaban J connectivity index is 2.47. The molecular formula is C25H27FNO5-. The summed E-state index contributed by atoms with van der Waals surface area (Å²) in [5.74, 6) is -3.99. The molecule has 170 valence electrons. The average molecular weight is 440 g/mol. The zero-order chi connectivity index (χ0) is 23.6. The number of pyridine rings is 1. The second-order valence-electron chi connectivity index (χ2n) is 8.42. The molecule has 1 aliphatic rings. The zero-order valence-corrected chi connectivity index (χ0v) is 18.3. The highest BCUT2D eigenvalue weighted by Crippen LogP contribution is 2.39. The number of carboxylic acids is 1. The Hall–Kier alpha value is -3.06. The van der Waals surface area contributed by atoms with Crippen LogP contribution >= 0.6 is 0 Å². The fourth-order valence-corrected chi connectivity index (χ4v) is 4.60. The molecule has 0 spiro atoms. The van der Waals surface area contributed by atoms with Crippen LogP contribution in [0.3, 0.4) is 0 Å². The first kappa shape index (κ1) is 23.6. The van der Waals surface area contributed by atoms with Crippen molar-refractivity contribution in [3.05, 3.63) is 69.8 Å². The van der Waals surface area contributed by atoms with E-state index in [1.807, 2.05) is 13.8 Å². The van der Waals surface area contributed by atoms with Gasteiger partial charge < -0.3 is 19.6 Å². The number of carbonyl (C=O) groups excluding carboxylic acids is 2. The predicted octanol–water partition coefficient (Wildman–Crippen LogP) is 2.45. The molecule has 1 aliphatic carbocycles. The molecule has 0 amide bonds. The standard InChI is InChI=1S/C25H28FNO5/c1-4-19(28)23(20(29)13-21(30)31)22-17-7-5-6-8-18(17)25(32)27(14(2)3)24(22)15-9-11-16(26)12-10-15/h4,9-12,14,19,23,28H,1,5-8,13H2,2-3H3,(H,30,31)/p-1. The van der Waals surface area contributed by atoms with Crippen molar-refractivity contribution in [2.45, 2.75) is 64.0 Å². The van der Waals surface area contributed by atoms with Gasteiger partial charge in [0.25, 0.3) is 5.56 Å². The maximum Gasteiger partial charge on any atom is 0.254 e. The topological polar surface area (TPSA) is 99.4 Å². The number of rotatable bonds is 8. The lowest BCUT2D eigenvalue weighted by Crippen LogP contribution is -2.37. The number of Topliss-reactive ketones (excluding diaryl/α,β-unsaturated/α-hetero) is 1. The van der Waals surface area contributed by atoms with E-state index < -0.39 is 36.0 Å². The van der Waals surface area contributed by atoms with Crippen LogP contribution < -0.4 is 10.7 Å². The van der Waals surface area contributed by atoms with Gasteiger partial charge in [0, 0.05) is 24.0 Å². The number of hydrogen-bond donors (Lipinski definition) is 1. The molecule has 1 aromatic heterocycles. The van der Waals surface area contributed by atoms with Gasteiger partial charge in [0.2, 0.25) is 0 Å². The molecule has 0 saturated carbocycles. The van der Waals surface area contributed by atoms with Crippen LogP contribution in [0.5, 0.6) is 0 Å². The number of aliphatic carboxylic acids is 1. The summed E-state index contributed by atoms with van der Waals surface area (Å²) in [6.45, 7) is 7.24. The van der Waals surface area contributed by atoms with Gasteiger partial charge in [-0.1, -0.05) is 6.08 Å².